The van der Waals surface area contributed by atoms with Gasteiger partial charge in [0, 0.05) is 17.5 Å². The number of methoxy groups -OCH3 is 3. The van der Waals surface area contributed by atoms with Gasteiger partial charge in [0.2, 0.25) is 5.91 Å². The molecule has 1 spiro atoms. The molecule has 0 bridgehead atoms. The summed E-state index contributed by atoms with van der Waals surface area (Å²) in [5, 5.41) is 3.07. The number of carbonyl (C=O) groups is 3. The maximum Gasteiger partial charge on any atom is 0.238 e. The van der Waals surface area contributed by atoms with Crippen molar-refractivity contribution in [2.45, 2.75) is 17.5 Å². The molecular formula is C36H30N2O6. The lowest BCUT2D eigenvalue weighted by atomic mass is 9.62. The van der Waals surface area contributed by atoms with Gasteiger partial charge < -0.3 is 24.4 Å². The van der Waals surface area contributed by atoms with Crippen LogP contribution in [0.3, 0.4) is 0 Å². The zero-order valence-electron chi connectivity index (χ0n) is 24.4. The van der Waals surface area contributed by atoms with E-state index in [0.29, 0.717) is 34.1 Å². The number of anilines is 1. The molecule has 44 heavy (non-hydrogen) atoms. The van der Waals surface area contributed by atoms with Crippen molar-refractivity contribution < 1.29 is 28.6 Å². The maximum absolute atomic E-state index is 15.2. The highest BCUT2D eigenvalue weighted by atomic mass is 16.5. The van der Waals surface area contributed by atoms with Crippen LogP contribution >= 0.6 is 0 Å². The van der Waals surface area contributed by atoms with Gasteiger partial charge in [0.1, 0.15) is 28.7 Å². The first kappa shape index (κ1) is 27.5. The van der Waals surface area contributed by atoms with Crippen LogP contribution in [-0.2, 0) is 10.2 Å². The molecule has 0 radical (unpaired) electrons. The highest BCUT2D eigenvalue weighted by molar-refractivity contribution is 6.17. The van der Waals surface area contributed by atoms with Crippen LogP contribution in [0, 0.1) is 5.92 Å². The number of rotatable bonds is 7. The zero-order chi connectivity index (χ0) is 30.6. The second-order valence-corrected chi connectivity index (χ2v) is 11.1. The Bertz CT molecular complexity index is 1870. The number of amides is 1. The van der Waals surface area contributed by atoms with Crippen LogP contribution in [0.15, 0.2) is 97.2 Å². The van der Waals surface area contributed by atoms with Gasteiger partial charge >= 0.3 is 0 Å². The van der Waals surface area contributed by atoms with Crippen molar-refractivity contribution in [1.29, 1.82) is 0 Å². The molecule has 4 atom stereocenters. The predicted molar refractivity (Wildman–Crippen MR) is 165 cm³/mol. The fourth-order valence-corrected chi connectivity index (χ4v) is 7.29. The number of benzene rings is 4. The smallest absolute Gasteiger partial charge is 0.238 e. The van der Waals surface area contributed by atoms with Gasteiger partial charge in [-0.1, -0.05) is 54.6 Å². The Labute approximate surface area is 254 Å². The van der Waals surface area contributed by atoms with Crippen LogP contribution in [0.5, 0.6) is 17.2 Å². The fraction of sp³-hybridized carbons (Fsp3) is 0.194. The van der Waals surface area contributed by atoms with Gasteiger partial charge in [0.15, 0.2) is 11.6 Å². The Morgan fingerprint density at radius 1 is 0.795 bits per heavy atom. The summed E-state index contributed by atoms with van der Waals surface area (Å²) in [6.45, 7) is 0. The number of nitrogens with zero attached hydrogens (tertiary/aromatic N) is 1. The van der Waals surface area contributed by atoms with E-state index in [2.05, 4.69) is 5.32 Å². The van der Waals surface area contributed by atoms with Crippen molar-refractivity contribution in [2.24, 2.45) is 5.92 Å². The third-order valence-corrected chi connectivity index (χ3v) is 9.15. The van der Waals surface area contributed by atoms with Crippen molar-refractivity contribution in [1.82, 2.24) is 4.90 Å². The van der Waals surface area contributed by atoms with Crippen molar-refractivity contribution in [2.75, 3.05) is 26.6 Å². The normalized spacial score (nSPS) is 22.6. The van der Waals surface area contributed by atoms with Gasteiger partial charge in [0.05, 0.1) is 38.9 Å². The Morgan fingerprint density at radius 2 is 1.55 bits per heavy atom. The lowest BCUT2D eigenvalue weighted by Gasteiger charge is -2.38. The molecule has 4 aromatic carbocycles. The van der Waals surface area contributed by atoms with Gasteiger partial charge in [-0.3, -0.25) is 14.4 Å². The van der Waals surface area contributed by atoms with E-state index in [1.165, 1.54) is 21.3 Å². The quantitative estimate of drug-likeness (QED) is 0.278. The predicted octanol–water partition coefficient (Wildman–Crippen LogP) is 5.69. The second-order valence-electron chi connectivity index (χ2n) is 11.1. The molecule has 0 unspecified atom stereocenters. The summed E-state index contributed by atoms with van der Waals surface area (Å²) in [5.41, 5.74) is 2.22. The van der Waals surface area contributed by atoms with Crippen molar-refractivity contribution in [3.63, 3.8) is 0 Å². The van der Waals surface area contributed by atoms with Crippen LogP contribution in [0.25, 0.3) is 6.08 Å². The van der Waals surface area contributed by atoms with Crippen LogP contribution in [0.1, 0.15) is 43.4 Å². The number of Topliss-reactive ketones (excluding diaryl/α,β-unsaturated/α-hetero) is 2. The van der Waals surface area contributed by atoms with Gasteiger partial charge in [-0.15, -0.1) is 0 Å². The summed E-state index contributed by atoms with van der Waals surface area (Å²) >= 11 is 0. The molecule has 3 heterocycles. The highest BCUT2D eigenvalue weighted by Crippen LogP contribution is 2.62. The number of carbonyl (C=O) groups excluding carboxylic acids is 3. The first-order valence-electron chi connectivity index (χ1n) is 14.3. The number of nitrogens with one attached hydrogen (secondary N) is 1. The third-order valence-electron chi connectivity index (χ3n) is 9.15. The lowest BCUT2D eigenvalue weighted by molar-refractivity contribution is -0.122. The second kappa shape index (κ2) is 10.4. The Hall–Kier alpha value is -5.37. The van der Waals surface area contributed by atoms with Gasteiger partial charge in [-0.05, 0) is 59.2 Å². The monoisotopic (exact) mass is 586 g/mol. The highest BCUT2D eigenvalue weighted by Gasteiger charge is 2.71. The van der Waals surface area contributed by atoms with Gasteiger partial charge in [-0.2, -0.15) is 0 Å². The summed E-state index contributed by atoms with van der Waals surface area (Å²) in [6, 6.07) is 25.4. The summed E-state index contributed by atoms with van der Waals surface area (Å²) in [7, 11) is 4.54. The van der Waals surface area contributed by atoms with E-state index < -0.39 is 29.2 Å². The number of hydrogen-bond donors (Lipinski definition) is 1. The number of ether oxygens (including phenoxy) is 3. The molecule has 3 aliphatic heterocycles. The number of hydrogen-bond acceptors (Lipinski definition) is 7. The molecule has 1 amide bonds. The van der Waals surface area contributed by atoms with E-state index in [9.17, 15) is 9.59 Å². The van der Waals surface area contributed by atoms with E-state index in [4.69, 9.17) is 14.2 Å². The molecule has 4 aromatic rings. The Morgan fingerprint density at radius 3 is 2.34 bits per heavy atom. The molecule has 220 valence electrons. The molecule has 3 aliphatic rings. The van der Waals surface area contributed by atoms with E-state index in [1.807, 2.05) is 65.7 Å². The lowest BCUT2D eigenvalue weighted by Crippen LogP contribution is -2.49. The SMILES string of the molecule is COc1cccc(C(=O)[C@@H]2[C@H](C(=O)c3cc(OC)ccc3OC)[C@]3(C(=O)Nc4ccccc43)[C@H]3c4ccccc4C=CN23)c1. The van der Waals surface area contributed by atoms with Crippen LogP contribution in [0.2, 0.25) is 0 Å². The number of ketones is 2. The average molecular weight is 587 g/mol. The van der Waals surface area contributed by atoms with E-state index in [1.54, 1.807) is 42.5 Å². The molecule has 1 fully saturated rings. The molecule has 7 rings (SSSR count). The van der Waals surface area contributed by atoms with Crippen molar-refractivity contribution >= 4 is 29.2 Å². The Balaban J connectivity index is 1.55. The maximum atomic E-state index is 15.2. The van der Waals surface area contributed by atoms with E-state index in [-0.39, 0.29) is 17.3 Å². The minimum absolute atomic E-state index is 0.231. The van der Waals surface area contributed by atoms with E-state index >= 15 is 4.79 Å². The van der Waals surface area contributed by atoms with Crippen molar-refractivity contribution in [3.8, 4) is 17.2 Å². The zero-order valence-corrected chi connectivity index (χ0v) is 24.4. The standard InChI is InChI=1S/C36H30N2O6/c1-42-23-11-8-10-22(19-23)32(39)31-30(33(40)26-20-24(43-2)15-16-29(26)44-3)36(27-13-6-7-14-28(27)37-35(36)41)34-25-12-5-4-9-21(25)17-18-38(31)34/h4-20,30-31,34H,1-3H3,(H,37,41)/t30-,31+,34-,36+/m1/s1. The van der Waals surface area contributed by atoms with Gasteiger partial charge in [-0.25, -0.2) is 0 Å². The topological polar surface area (TPSA) is 94.2 Å². The van der Waals surface area contributed by atoms with Gasteiger partial charge in [0.25, 0.3) is 0 Å². The largest absolute Gasteiger partial charge is 0.497 e. The summed E-state index contributed by atoms with van der Waals surface area (Å²) < 4.78 is 16.6. The molecule has 8 nitrogen and oxygen atoms in total. The summed E-state index contributed by atoms with van der Waals surface area (Å²) in [4.78, 5) is 46.5. The number of para-hydroxylation sites is 1. The van der Waals surface area contributed by atoms with Crippen LogP contribution < -0.4 is 19.5 Å². The molecule has 0 aromatic heterocycles. The van der Waals surface area contributed by atoms with Crippen molar-refractivity contribution in [3.05, 3.63) is 125 Å². The van der Waals surface area contributed by atoms with Crippen LogP contribution in [-0.4, -0.2) is 49.7 Å². The minimum Gasteiger partial charge on any atom is -0.497 e. The molecule has 8 heteroatoms. The molecule has 0 saturated carbocycles. The molecule has 1 N–H and O–H groups in total. The number of fused-ring (bicyclic) bond motifs is 6. The third kappa shape index (κ3) is 3.80. The molecule has 1 saturated heterocycles. The van der Waals surface area contributed by atoms with Crippen LogP contribution in [0.4, 0.5) is 5.69 Å². The molecular weight excluding hydrogens is 556 g/mol. The molecule has 0 aliphatic carbocycles. The Kier molecular flexibility index (Phi) is 6.50. The minimum atomic E-state index is -1.46. The average Bonchev–Trinajstić information content (AvgIpc) is 3.55. The summed E-state index contributed by atoms with van der Waals surface area (Å²) in [5.74, 6) is -0.879. The fourth-order valence-electron chi connectivity index (χ4n) is 7.29. The first-order valence-corrected chi connectivity index (χ1v) is 14.3. The summed E-state index contributed by atoms with van der Waals surface area (Å²) in [6.07, 6.45) is 3.78. The first-order chi connectivity index (χ1) is 21.4. The van der Waals surface area contributed by atoms with E-state index in [0.717, 1.165) is 11.1 Å².